The van der Waals surface area contributed by atoms with Crippen LogP contribution in [-0.4, -0.2) is 34.7 Å². The van der Waals surface area contributed by atoms with Crippen LogP contribution in [0.3, 0.4) is 0 Å². The van der Waals surface area contributed by atoms with E-state index >= 15 is 0 Å². The fraction of sp³-hybridized carbons (Fsp3) is 0.160. The fourth-order valence-electron chi connectivity index (χ4n) is 4.58. The molecule has 0 unspecified atom stereocenters. The van der Waals surface area contributed by atoms with Crippen molar-refractivity contribution in [1.29, 1.82) is 0 Å². The Kier molecular flexibility index (Phi) is 4.50. The number of pyridine rings is 1. The number of hydrogen-bond donors (Lipinski definition) is 1. The van der Waals surface area contributed by atoms with Crippen molar-refractivity contribution in [3.05, 3.63) is 101 Å². The second-order valence-electron chi connectivity index (χ2n) is 8.24. The molecule has 0 saturated heterocycles. The number of nitrogens with one attached hydrogen (secondary N) is 1. The number of hydrogen-bond acceptors (Lipinski definition) is 5. The van der Waals surface area contributed by atoms with Gasteiger partial charge in [-0.1, -0.05) is 35.9 Å². The van der Waals surface area contributed by atoms with Crippen molar-refractivity contribution in [2.45, 2.75) is 25.8 Å². The van der Waals surface area contributed by atoms with Crippen LogP contribution in [0.1, 0.15) is 29.5 Å². The number of H-pyrrole nitrogens is 1. The normalized spacial score (nSPS) is 15.0. The third-order valence-electron chi connectivity index (χ3n) is 6.13. The van der Waals surface area contributed by atoms with Gasteiger partial charge in [0.05, 0.1) is 23.6 Å². The van der Waals surface area contributed by atoms with E-state index in [-0.39, 0.29) is 11.6 Å². The van der Waals surface area contributed by atoms with Gasteiger partial charge in [-0.15, -0.1) is 5.10 Å². The lowest BCUT2D eigenvalue weighted by Gasteiger charge is -2.15. The molecule has 1 radical (unpaired) electrons. The summed E-state index contributed by atoms with van der Waals surface area (Å²) in [7, 11) is 0. The minimum Gasteiger partial charge on any atom is -0.340 e. The number of tetrazole rings is 1. The van der Waals surface area contributed by atoms with Crippen molar-refractivity contribution in [2.75, 3.05) is 0 Å². The van der Waals surface area contributed by atoms with Crippen molar-refractivity contribution in [2.24, 2.45) is 0 Å². The number of aromatic nitrogens is 7. The van der Waals surface area contributed by atoms with Gasteiger partial charge in [0.25, 0.3) is 5.56 Å². The highest BCUT2D eigenvalue weighted by Crippen LogP contribution is 2.33. The molecule has 1 aliphatic heterocycles. The number of aromatic amines is 1. The van der Waals surface area contributed by atoms with Crippen molar-refractivity contribution < 1.29 is 0 Å². The maximum absolute atomic E-state index is 13.3. The number of benzene rings is 2. The van der Waals surface area contributed by atoms with Crippen LogP contribution < -0.4 is 5.56 Å². The van der Waals surface area contributed by atoms with Crippen molar-refractivity contribution >= 4 is 0 Å². The van der Waals surface area contributed by atoms with E-state index in [1.54, 1.807) is 17.1 Å². The molecule has 4 heterocycles. The molecule has 8 nitrogen and oxygen atoms in total. The molecule has 33 heavy (non-hydrogen) atoms. The first-order valence-electron chi connectivity index (χ1n) is 10.8. The highest BCUT2D eigenvalue weighted by molar-refractivity contribution is 5.73. The van der Waals surface area contributed by atoms with Gasteiger partial charge in [-0.2, -0.15) is 4.68 Å². The molecule has 161 valence electrons. The summed E-state index contributed by atoms with van der Waals surface area (Å²) in [5.74, 6) is 0.802. The first kappa shape index (κ1) is 19.4. The fourth-order valence-corrected chi connectivity index (χ4v) is 4.58. The number of fused-ring (bicyclic) bond motifs is 1. The monoisotopic (exact) mass is 434 g/mol. The minimum atomic E-state index is -0.109. The molecule has 0 saturated carbocycles. The van der Waals surface area contributed by atoms with Gasteiger partial charge in [-0.3, -0.25) is 4.79 Å². The molecule has 0 spiro atoms. The Labute approximate surface area is 189 Å². The van der Waals surface area contributed by atoms with Gasteiger partial charge in [-0.05, 0) is 65.6 Å². The lowest BCUT2D eigenvalue weighted by atomic mass is 10.0. The molecule has 0 amide bonds. The second-order valence-corrected chi connectivity index (χ2v) is 8.24. The second kappa shape index (κ2) is 7.67. The van der Waals surface area contributed by atoms with Gasteiger partial charge < -0.3 is 9.55 Å². The third-order valence-corrected chi connectivity index (χ3v) is 6.13. The zero-order chi connectivity index (χ0) is 22.4. The number of nitrogens with zero attached hydrogens (tertiary/aromatic N) is 6. The Morgan fingerprint density at radius 3 is 2.79 bits per heavy atom. The summed E-state index contributed by atoms with van der Waals surface area (Å²) in [4.78, 5) is 21.3. The highest BCUT2D eigenvalue weighted by Gasteiger charge is 2.28. The smallest absolute Gasteiger partial charge is 0.252 e. The summed E-state index contributed by atoms with van der Waals surface area (Å²) < 4.78 is 3.48. The van der Waals surface area contributed by atoms with E-state index in [1.165, 1.54) is 0 Å². The maximum atomic E-state index is 13.3. The van der Waals surface area contributed by atoms with Crippen LogP contribution in [0.4, 0.5) is 0 Å². The predicted molar refractivity (Wildman–Crippen MR) is 123 cm³/mol. The molecule has 0 bridgehead atoms. The van der Waals surface area contributed by atoms with Gasteiger partial charge in [0.2, 0.25) is 0 Å². The Bertz CT molecular complexity index is 1500. The maximum Gasteiger partial charge on any atom is 0.252 e. The van der Waals surface area contributed by atoms with Crippen LogP contribution >= 0.6 is 0 Å². The molecule has 0 fully saturated rings. The van der Waals surface area contributed by atoms with Gasteiger partial charge in [0, 0.05) is 17.3 Å². The SMILES string of the molecule is Cc1ccc(-n2cnnn2)c(-c2cc3n(c(=O)c2)[C@H](c2ncc(-c4cc[c]cc4)[nH]2)CC3)c1. The average molecular weight is 434 g/mol. The van der Waals surface area contributed by atoms with Crippen LogP contribution in [0.2, 0.25) is 0 Å². The molecular weight excluding hydrogens is 414 g/mol. The number of aryl methyl sites for hydroxylation is 2. The topological polar surface area (TPSA) is 94.3 Å². The molecular formula is C25H20N7O. The van der Waals surface area contributed by atoms with Crippen LogP contribution in [0.5, 0.6) is 0 Å². The summed E-state index contributed by atoms with van der Waals surface area (Å²) in [5, 5.41) is 11.5. The Hall–Kier alpha value is -4.33. The van der Waals surface area contributed by atoms with E-state index in [9.17, 15) is 4.79 Å². The van der Waals surface area contributed by atoms with E-state index in [0.29, 0.717) is 0 Å². The molecule has 6 rings (SSSR count). The summed E-state index contributed by atoms with van der Waals surface area (Å²) >= 11 is 0. The first-order valence-corrected chi connectivity index (χ1v) is 10.8. The number of imidazole rings is 1. The molecule has 1 atom stereocenters. The molecule has 1 aliphatic rings. The van der Waals surface area contributed by atoms with Crippen LogP contribution in [0.25, 0.3) is 28.1 Å². The summed E-state index contributed by atoms with van der Waals surface area (Å²) in [6.45, 7) is 2.03. The Morgan fingerprint density at radius 1 is 1.09 bits per heavy atom. The lowest BCUT2D eigenvalue weighted by Crippen LogP contribution is -2.23. The van der Waals surface area contributed by atoms with Gasteiger partial charge in [-0.25, -0.2) is 4.98 Å². The highest BCUT2D eigenvalue weighted by atomic mass is 16.1. The molecule has 1 N–H and O–H groups in total. The van der Waals surface area contributed by atoms with Crippen molar-refractivity contribution in [1.82, 2.24) is 34.7 Å². The Balaban J connectivity index is 1.40. The van der Waals surface area contributed by atoms with Crippen molar-refractivity contribution in [3.8, 4) is 28.1 Å². The number of rotatable bonds is 4. The van der Waals surface area contributed by atoms with Gasteiger partial charge in [0.1, 0.15) is 12.2 Å². The lowest BCUT2D eigenvalue weighted by molar-refractivity contribution is 0.572. The summed E-state index contributed by atoms with van der Waals surface area (Å²) in [6, 6.07) is 20.5. The molecule has 2 aromatic carbocycles. The molecule has 3 aromatic heterocycles. The minimum absolute atomic E-state index is 0.0403. The van der Waals surface area contributed by atoms with E-state index in [1.807, 2.05) is 54.1 Å². The largest absolute Gasteiger partial charge is 0.340 e. The van der Waals surface area contributed by atoms with Crippen LogP contribution in [0, 0.1) is 13.0 Å². The van der Waals surface area contributed by atoms with E-state index in [0.717, 1.165) is 58.0 Å². The summed E-state index contributed by atoms with van der Waals surface area (Å²) in [6.07, 6.45) is 5.01. The molecule has 5 aromatic rings. The van der Waals surface area contributed by atoms with E-state index in [4.69, 9.17) is 0 Å². The van der Waals surface area contributed by atoms with Gasteiger partial charge >= 0.3 is 0 Å². The zero-order valence-electron chi connectivity index (χ0n) is 17.9. The third kappa shape index (κ3) is 3.36. The first-order chi connectivity index (χ1) is 16.2. The summed E-state index contributed by atoms with van der Waals surface area (Å²) in [5.41, 5.74) is 6.66. The molecule has 8 heteroatoms. The quantitative estimate of drug-likeness (QED) is 0.467. The molecule has 0 aliphatic carbocycles. The van der Waals surface area contributed by atoms with Gasteiger partial charge in [0.15, 0.2) is 0 Å². The van der Waals surface area contributed by atoms with E-state index < -0.39 is 0 Å². The predicted octanol–water partition coefficient (Wildman–Crippen LogP) is 3.53. The standard InChI is InChI=1S/C25H20N7O/c1-16-7-9-22(31-15-27-29-30-31)20(11-16)18-12-19-8-10-23(32(19)24(33)13-18)25-26-14-21(28-25)17-5-3-2-4-6-17/h3-7,9,11-15,23H,8,10H2,1H3,(H,26,28)/t23-/m0/s1. The van der Waals surface area contributed by atoms with Crippen molar-refractivity contribution in [3.63, 3.8) is 0 Å². The Morgan fingerprint density at radius 2 is 1.97 bits per heavy atom. The van der Waals surface area contributed by atoms with E-state index in [2.05, 4.69) is 43.7 Å². The average Bonchev–Trinajstić information content (AvgIpc) is 3.60. The van der Waals surface area contributed by atoms with Crippen LogP contribution in [-0.2, 0) is 6.42 Å². The zero-order valence-corrected chi connectivity index (χ0v) is 17.9. The van der Waals surface area contributed by atoms with Crippen LogP contribution in [0.15, 0.2) is 71.9 Å².